The van der Waals surface area contributed by atoms with Gasteiger partial charge in [-0.25, -0.2) is 9.37 Å². The second-order valence-electron chi connectivity index (χ2n) is 7.70. The Labute approximate surface area is 163 Å². The quantitative estimate of drug-likeness (QED) is 0.743. The molecule has 0 radical (unpaired) electrons. The van der Waals surface area contributed by atoms with Gasteiger partial charge in [-0.2, -0.15) is 0 Å². The van der Waals surface area contributed by atoms with Crippen LogP contribution in [0.5, 0.6) is 0 Å². The van der Waals surface area contributed by atoms with Crippen molar-refractivity contribution in [3.8, 4) is 11.4 Å². The predicted octanol–water partition coefficient (Wildman–Crippen LogP) is 4.12. The van der Waals surface area contributed by atoms with Gasteiger partial charge in [0.05, 0.1) is 28.1 Å². The van der Waals surface area contributed by atoms with Crippen LogP contribution in [0.4, 0.5) is 4.39 Å². The average Bonchev–Trinajstić information content (AvgIpc) is 2.66. The number of carbonyl (C=O) groups is 1. The zero-order valence-electron chi connectivity index (χ0n) is 15.9. The van der Waals surface area contributed by atoms with Crippen molar-refractivity contribution < 1.29 is 13.9 Å². The second kappa shape index (κ2) is 7.28. The summed E-state index contributed by atoms with van der Waals surface area (Å²) in [6.07, 6.45) is 3.17. The minimum Gasteiger partial charge on any atom is -0.375 e. The molecule has 0 aliphatic carbocycles. The highest BCUT2D eigenvalue weighted by Gasteiger charge is 2.30. The number of hydrogen-bond acceptors (Lipinski definition) is 4. The van der Waals surface area contributed by atoms with Crippen molar-refractivity contribution in [3.05, 3.63) is 60.0 Å². The van der Waals surface area contributed by atoms with Gasteiger partial charge in [0.1, 0.15) is 5.82 Å². The van der Waals surface area contributed by atoms with Gasteiger partial charge in [-0.15, -0.1) is 0 Å². The van der Waals surface area contributed by atoms with Gasteiger partial charge >= 0.3 is 0 Å². The van der Waals surface area contributed by atoms with E-state index in [1.807, 2.05) is 32.0 Å². The summed E-state index contributed by atoms with van der Waals surface area (Å²) in [5.41, 5.74) is 1.81. The topological polar surface area (TPSA) is 64.1 Å². The fourth-order valence-corrected chi connectivity index (χ4v) is 3.65. The molecule has 1 atom stereocenters. The standard InChI is InChI=1S/C22H22FN3O2/c1-22(2)13-15(8-10-28-22)25-21(27)17-12-20(18-5-3-4-9-24-18)26-19-11-14(23)6-7-16(17)19/h3-7,9,11-12,15H,8,10,13H2,1-2H3,(H,25,27)/t15-/m1/s1. The van der Waals surface area contributed by atoms with Crippen LogP contribution in [-0.4, -0.2) is 34.1 Å². The normalized spacial score (nSPS) is 18.8. The number of aromatic nitrogens is 2. The van der Waals surface area contributed by atoms with Crippen LogP contribution in [0.15, 0.2) is 48.7 Å². The fourth-order valence-electron chi connectivity index (χ4n) is 3.65. The summed E-state index contributed by atoms with van der Waals surface area (Å²) in [5, 5.41) is 3.73. The van der Waals surface area contributed by atoms with Crippen LogP contribution in [0.2, 0.25) is 0 Å². The molecule has 5 nitrogen and oxygen atoms in total. The number of amides is 1. The minimum atomic E-state index is -0.393. The van der Waals surface area contributed by atoms with E-state index in [4.69, 9.17) is 4.74 Å². The molecule has 0 saturated carbocycles. The molecule has 1 aliphatic heterocycles. The van der Waals surface area contributed by atoms with E-state index < -0.39 is 5.82 Å². The number of nitrogens with one attached hydrogen (secondary N) is 1. The molecule has 1 aliphatic rings. The van der Waals surface area contributed by atoms with E-state index in [2.05, 4.69) is 15.3 Å². The highest BCUT2D eigenvalue weighted by atomic mass is 19.1. The van der Waals surface area contributed by atoms with Crippen LogP contribution < -0.4 is 5.32 Å². The molecule has 3 aromatic rings. The Balaban J connectivity index is 1.73. The maximum absolute atomic E-state index is 13.8. The molecule has 4 rings (SSSR count). The number of carbonyl (C=O) groups excluding carboxylic acids is 1. The molecule has 0 bridgehead atoms. The summed E-state index contributed by atoms with van der Waals surface area (Å²) in [6.45, 7) is 4.66. The lowest BCUT2D eigenvalue weighted by molar-refractivity contribution is -0.0615. The van der Waals surface area contributed by atoms with Crippen LogP contribution >= 0.6 is 0 Å². The van der Waals surface area contributed by atoms with E-state index in [1.54, 1.807) is 18.3 Å². The third-order valence-electron chi connectivity index (χ3n) is 4.98. The van der Waals surface area contributed by atoms with Crippen molar-refractivity contribution in [1.29, 1.82) is 0 Å². The van der Waals surface area contributed by atoms with E-state index in [0.717, 1.165) is 12.8 Å². The van der Waals surface area contributed by atoms with Crippen molar-refractivity contribution in [2.45, 2.75) is 38.3 Å². The zero-order valence-corrected chi connectivity index (χ0v) is 15.9. The first kappa shape index (κ1) is 18.5. The summed E-state index contributed by atoms with van der Waals surface area (Å²) in [5.74, 6) is -0.588. The molecule has 28 heavy (non-hydrogen) atoms. The summed E-state index contributed by atoms with van der Waals surface area (Å²) in [6, 6.07) is 11.5. The predicted molar refractivity (Wildman–Crippen MR) is 105 cm³/mol. The average molecular weight is 379 g/mol. The van der Waals surface area contributed by atoms with Gasteiger partial charge < -0.3 is 10.1 Å². The highest BCUT2D eigenvalue weighted by molar-refractivity contribution is 6.07. The molecule has 1 amide bonds. The van der Waals surface area contributed by atoms with Gasteiger partial charge in [0.15, 0.2) is 0 Å². The van der Waals surface area contributed by atoms with Crippen LogP contribution in [-0.2, 0) is 4.74 Å². The number of nitrogens with zero attached hydrogens (tertiary/aromatic N) is 2. The number of benzene rings is 1. The monoisotopic (exact) mass is 379 g/mol. The Morgan fingerprint density at radius 2 is 2.07 bits per heavy atom. The Bertz CT molecular complexity index is 1020. The Hall–Kier alpha value is -2.86. The molecule has 1 saturated heterocycles. The van der Waals surface area contributed by atoms with Gasteiger partial charge in [0, 0.05) is 30.3 Å². The molecular weight excluding hydrogens is 357 g/mol. The molecule has 1 aromatic carbocycles. The number of fused-ring (bicyclic) bond motifs is 1. The summed E-state index contributed by atoms with van der Waals surface area (Å²) in [7, 11) is 0. The first-order valence-electron chi connectivity index (χ1n) is 9.38. The summed E-state index contributed by atoms with van der Waals surface area (Å²) < 4.78 is 19.5. The van der Waals surface area contributed by atoms with E-state index in [-0.39, 0.29) is 17.6 Å². The lowest BCUT2D eigenvalue weighted by atomic mass is 9.93. The molecular formula is C22H22FN3O2. The third-order valence-corrected chi connectivity index (χ3v) is 4.98. The SMILES string of the molecule is CC1(C)C[C@H](NC(=O)c2cc(-c3ccccn3)nc3cc(F)ccc23)CCO1. The summed E-state index contributed by atoms with van der Waals surface area (Å²) >= 11 is 0. The lowest BCUT2D eigenvalue weighted by Gasteiger charge is -2.35. The number of pyridine rings is 2. The number of rotatable bonds is 3. The molecule has 3 heterocycles. The lowest BCUT2D eigenvalue weighted by Crippen LogP contribution is -2.45. The van der Waals surface area contributed by atoms with Crippen molar-refractivity contribution in [2.75, 3.05) is 6.61 Å². The van der Waals surface area contributed by atoms with Crippen LogP contribution in [0.3, 0.4) is 0 Å². The Morgan fingerprint density at radius 3 is 2.82 bits per heavy atom. The number of ether oxygens (including phenoxy) is 1. The van der Waals surface area contributed by atoms with Gasteiger partial charge in [0.25, 0.3) is 5.91 Å². The molecule has 0 unspecified atom stereocenters. The Kier molecular flexibility index (Phi) is 4.81. The van der Waals surface area contributed by atoms with Crippen molar-refractivity contribution >= 4 is 16.8 Å². The van der Waals surface area contributed by atoms with Crippen molar-refractivity contribution in [3.63, 3.8) is 0 Å². The van der Waals surface area contributed by atoms with Gasteiger partial charge in [-0.3, -0.25) is 9.78 Å². The molecule has 144 valence electrons. The molecule has 2 aromatic heterocycles. The second-order valence-corrected chi connectivity index (χ2v) is 7.70. The smallest absolute Gasteiger partial charge is 0.252 e. The fraction of sp³-hybridized carbons (Fsp3) is 0.318. The molecule has 6 heteroatoms. The van der Waals surface area contributed by atoms with Crippen molar-refractivity contribution in [1.82, 2.24) is 15.3 Å². The Morgan fingerprint density at radius 1 is 1.21 bits per heavy atom. The van der Waals surface area contributed by atoms with Crippen LogP contribution in [0.1, 0.15) is 37.0 Å². The largest absolute Gasteiger partial charge is 0.375 e. The van der Waals surface area contributed by atoms with E-state index >= 15 is 0 Å². The van der Waals surface area contributed by atoms with Crippen LogP contribution in [0, 0.1) is 5.82 Å². The zero-order chi connectivity index (χ0) is 19.7. The first-order chi connectivity index (χ1) is 13.4. The summed E-state index contributed by atoms with van der Waals surface area (Å²) in [4.78, 5) is 21.9. The van der Waals surface area contributed by atoms with Crippen LogP contribution in [0.25, 0.3) is 22.3 Å². The first-order valence-corrected chi connectivity index (χ1v) is 9.38. The van der Waals surface area contributed by atoms with Gasteiger partial charge in [-0.05, 0) is 57.0 Å². The van der Waals surface area contributed by atoms with Gasteiger partial charge in [-0.1, -0.05) is 6.07 Å². The number of hydrogen-bond donors (Lipinski definition) is 1. The minimum absolute atomic E-state index is 0.0261. The number of halogens is 1. The third kappa shape index (κ3) is 3.87. The van der Waals surface area contributed by atoms with Gasteiger partial charge in [0.2, 0.25) is 0 Å². The molecule has 1 N–H and O–H groups in total. The molecule has 0 spiro atoms. The van der Waals surface area contributed by atoms with E-state index in [0.29, 0.717) is 34.5 Å². The highest BCUT2D eigenvalue weighted by Crippen LogP contribution is 2.27. The maximum atomic E-state index is 13.8. The maximum Gasteiger partial charge on any atom is 0.252 e. The van der Waals surface area contributed by atoms with Crippen molar-refractivity contribution in [2.24, 2.45) is 0 Å². The van der Waals surface area contributed by atoms with E-state index in [9.17, 15) is 9.18 Å². The van der Waals surface area contributed by atoms with E-state index in [1.165, 1.54) is 12.1 Å². The molecule has 1 fully saturated rings.